The number of aromatic nitrogens is 4. The summed E-state index contributed by atoms with van der Waals surface area (Å²) in [4.78, 5) is 34.9. The molecule has 0 unspecified atom stereocenters. The third-order valence-electron chi connectivity index (χ3n) is 5.64. The van der Waals surface area contributed by atoms with Crippen molar-refractivity contribution >= 4 is 28.4 Å². The van der Waals surface area contributed by atoms with Gasteiger partial charge in [0.05, 0.1) is 11.7 Å². The number of nitrogens with zero attached hydrogens (tertiary/aromatic N) is 6. The Hall–Kier alpha value is -3.91. The van der Waals surface area contributed by atoms with Crippen molar-refractivity contribution < 1.29 is 4.79 Å². The summed E-state index contributed by atoms with van der Waals surface area (Å²) in [7, 11) is 2.11. The van der Waals surface area contributed by atoms with Crippen LogP contribution in [0, 0.1) is 0 Å². The van der Waals surface area contributed by atoms with Gasteiger partial charge in [0.2, 0.25) is 0 Å². The van der Waals surface area contributed by atoms with Crippen LogP contribution in [0.5, 0.6) is 0 Å². The predicted octanol–water partition coefficient (Wildman–Crippen LogP) is 3.09. The normalized spacial score (nSPS) is 14.5. The SMILES string of the molecule is CN1CCN(c2cc(C(=O)Nc3cc4cc(-c5cccnc5)cnc4cn3)ccn2)CC1. The number of carbonyl (C=O) groups is 1. The summed E-state index contributed by atoms with van der Waals surface area (Å²) >= 11 is 0. The maximum Gasteiger partial charge on any atom is 0.257 e. The Labute approximate surface area is 186 Å². The maximum atomic E-state index is 12.9. The number of pyridine rings is 4. The molecule has 8 heteroatoms. The zero-order valence-electron chi connectivity index (χ0n) is 17.8. The van der Waals surface area contributed by atoms with Gasteiger partial charge in [-0.1, -0.05) is 6.07 Å². The number of amides is 1. The number of rotatable bonds is 4. The Kier molecular flexibility index (Phi) is 5.43. The molecular weight excluding hydrogens is 402 g/mol. The van der Waals surface area contributed by atoms with Crippen LogP contribution in [0.4, 0.5) is 11.6 Å². The van der Waals surface area contributed by atoms with Gasteiger partial charge in [-0.15, -0.1) is 0 Å². The monoisotopic (exact) mass is 425 g/mol. The molecule has 1 fully saturated rings. The average molecular weight is 425 g/mol. The molecule has 4 aromatic heterocycles. The molecule has 32 heavy (non-hydrogen) atoms. The maximum absolute atomic E-state index is 12.9. The molecule has 4 aromatic rings. The molecule has 5 heterocycles. The number of piperazine rings is 1. The Morgan fingerprint density at radius 3 is 2.59 bits per heavy atom. The molecule has 0 aromatic carbocycles. The first kappa shape index (κ1) is 20.0. The summed E-state index contributed by atoms with van der Waals surface area (Å²) in [6.07, 6.45) is 8.69. The van der Waals surface area contributed by atoms with Gasteiger partial charge in [-0.3, -0.25) is 14.8 Å². The topological polar surface area (TPSA) is 87.1 Å². The van der Waals surface area contributed by atoms with Crippen LogP contribution in [0.2, 0.25) is 0 Å². The highest BCUT2D eigenvalue weighted by molar-refractivity contribution is 6.04. The van der Waals surface area contributed by atoms with Crippen molar-refractivity contribution in [1.82, 2.24) is 24.8 Å². The van der Waals surface area contributed by atoms with Gasteiger partial charge in [-0.05, 0) is 37.4 Å². The molecule has 160 valence electrons. The van der Waals surface area contributed by atoms with Crippen LogP contribution in [-0.4, -0.2) is 64.0 Å². The van der Waals surface area contributed by atoms with E-state index in [1.165, 1.54) is 0 Å². The van der Waals surface area contributed by atoms with Gasteiger partial charge >= 0.3 is 0 Å². The van der Waals surface area contributed by atoms with Crippen molar-refractivity contribution in [2.24, 2.45) is 0 Å². The average Bonchev–Trinajstić information content (AvgIpc) is 2.84. The van der Waals surface area contributed by atoms with Crippen LogP contribution in [0.1, 0.15) is 10.4 Å². The van der Waals surface area contributed by atoms with Gasteiger partial charge in [0.1, 0.15) is 11.6 Å². The molecule has 1 aliphatic rings. The van der Waals surface area contributed by atoms with E-state index in [0.29, 0.717) is 11.4 Å². The molecule has 5 rings (SSSR count). The molecule has 1 amide bonds. The summed E-state index contributed by atoms with van der Waals surface area (Å²) in [6, 6.07) is 11.3. The molecule has 8 nitrogen and oxygen atoms in total. The second kappa shape index (κ2) is 8.68. The van der Waals surface area contributed by atoms with Crippen molar-refractivity contribution in [1.29, 1.82) is 0 Å². The fourth-order valence-corrected chi connectivity index (χ4v) is 3.75. The molecule has 1 aliphatic heterocycles. The van der Waals surface area contributed by atoms with Crippen LogP contribution in [0.15, 0.2) is 67.4 Å². The van der Waals surface area contributed by atoms with Crippen molar-refractivity contribution in [2.75, 3.05) is 43.4 Å². The van der Waals surface area contributed by atoms with E-state index >= 15 is 0 Å². The Bertz CT molecular complexity index is 1250. The number of hydrogen-bond donors (Lipinski definition) is 1. The van der Waals surface area contributed by atoms with Crippen molar-refractivity contribution in [3.63, 3.8) is 0 Å². The van der Waals surface area contributed by atoms with Gasteiger partial charge in [-0.25, -0.2) is 9.97 Å². The highest BCUT2D eigenvalue weighted by Gasteiger charge is 2.17. The minimum Gasteiger partial charge on any atom is -0.354 e. The minimum atomic E-state index is -0.217. The van der Waals surface area contributed by atoms with E-state index in [2.05, 4.69) is 42.1 Å². The lowest BCUT2D eigenvalue weighted by molar-refractivity contribution is 0.102. The smallest absolute Gasteiger partial charge is 0.257 e. The first-order valence-corrected chi connectivity index (χ1v) is 10.5. The Morgan fingerprint density at radius 2 is 1.78 bits per heavy atom. The molecule has 1 saturated heterocycles. The Balaban J connectivity index is 1.36. The van der Waals surface area contributed by atoms with E-state index in [-0.39, 0.29) is 5.91 Å². The lowest BCUT2D eigenvalue weighted by Crippen LogP contribution is -2.44. The zero-order valence-corrected chi connectivity index (χ0v) is 17.8. The number of hydrogen-bond acceptors (Lipinski definition) is 7. The minimum absolute atomic E-state index is 0.217. The second-order valence-corrected chi connectivity index (χ2v) is 7.88. The number of anilines is 2. The first-order chi connectivity index (χ1) is 15.7. The molecule has 0 aliphatic carbocycles. The van der Waals surface area contributed by atoms with Gasteiger partial charge in [0, 0.05) is 73.0 Å². The fourth-order valence-electron chi connectivity index (χ4n) is 3.75. The van der Waals surface area contributed by atoms with Gasteiger partial charge in [-0.2, -0.15) is 0 Å². The van der Waals surface area contributed by atoms with Crippen molar-refractivity contribution in [3.05, 3.63) is 72.9 Å². The van der Waals surface area contributed by atoms with E-state index < -0.39 is 0 Å². The zero-order chi connectivity index (χ0) is 21.9. The second-order valence-electron chi connectivity index (χ2n) is 7.88. The quantitative estimate of drug-likeness (QED) is 0.538. The summed E-state index contributed by atoms with van der Waals surface area (Å²) in [5, 5.41) is 3.80. The summed E-state index contributed by atoms with van der Waals surface area (Å²) in [5.74, 6) is 1.08. The summed E-state index contributed by atoms with van der Waals surface area (Å²) < 4.78 is 0. The van der Waals surface area contributed by atoms with Gasteiger partial charge in [0.25, 0.3) is 5.91 Å². The van der Waals surface area contributed by atoms with Crippen LogP contribution in [0.25, 0.3) is 22.0 Å². The van der Waals surface area contributed by atoms with Crippen molar-refractivity contribution in [3.8, 4) is 11.1 Å². The first-order valence-electron chi connectivity index (χ1n) is 10.5. The third-order valence-corrected chi connectivity index (χ3v) is 5.64. The highest BCUT2D eigenvalue weighted by atomic mass is 16.1. The summed E-state index contributed by atoms with van der Waals surface area (Å²) in [6.45, 7) is 3.75. The molecule has 0 bridgehead atoms. The van der Waals surface area contributed by atoms with E-state index in [9.17, 15) is 4.79 Å². The molecular formula is C24H23N7O. The third kappa shape index (κ3) is 4.26. The number of carbonyl (C=O) groups excluding carboxylic acids is 1. The molecule has 0 radical (unpaired) electrons. The standard InChI is InChI=1S/C24H23N7O/c1-30-7-9-31(10-8-30)23-13-17(4-6-26-23)24(32)29-22-12-19-11-20(15-27-21(19)16-28-22)18-3-2-5-25-14-18/h2-6,11-16H,7-10H2,1H3,(H,28,29,32). The van der Waals surface area contributed by atoms with E-state index in [1.807, 2.05) is 30.3 Å². The molecule has 0 saturated carbocycles. The lowest BCUT2D eigenvalue weighted by atomic mass is 10.1. The van der Waals surface area contributed by atoms with Gasteiger partial charge in [0.15, 0.2) is 0 Å². The highest BCUT2D eigenvalue weighted by Crippen LogP contribution is 2.23. The van der Waals surface area contributed by atoms with Crippen molar-refractivity contribution in [2.45, 2.75) is 0 Å². The van der Waals surface area contributed by atoms with Crippen LogP contribution in [0.3, 0.4) is 0 Å². The molecule has 0 spiro atoms. The van der Waals surface area contributed by atoms with Crippen LogP contribution in [-0.2, 0) is 0 Å². The van der Waals surface area contributed by atoms with E-state index in [0.717, 1.165) is 54.0 Å². The lowest BCUT2D eigenvalue weighted by Gasteiger charge is -2.33. The number of nitrogens with one attached hydrogen (secondary N) is 1. The van der Waals surface area contributed by atoms with Gasteiger partial charge < -0.3 is 15.1 Å². The number of likely N-dealkylation sites (N-methyl/N-ethyl adjacent to an activating group) is 1. The summed E-state index contributed by atoms with van der Waals surface area (Å²) in [5.41, 5.74) is 3.26. The predicted molar refractivity (Wildman–Crippen MR) is 125 cm³/mol. The Morgan fingerprint density at radius 1 is 0.906 bits per heavy atom. The van der Waals surface area contributed by atoms with E-state index in [4.69, 9.17) is 0 Å². The molecule has 1 N–H and O–H groups in total. The largest absolute Gasteiger partial charge is 0.354 e. The number of fused-ring (bicyclic) bond motifs is 1. The van der Waals surface area contributed by atoms with Crippen LogP contribution < -0.4 is 10.2 Å². The van der Waals surface area contributed by atoms with E-state index in [1.54, 1.807) is 37.1 Å². The van der Waals surface area contributed by atoms with Crippen LogP contribution >= 0.6 is 0 Å². The fraction of sp³-hybridized carbons (Fsp3) is 0.208. The molecule has 0 atom stereocenters.